The fourth-order valence-electron chi connectivity index (χ4n) is 1.57. The normalized spacial score (nSPS) is 10.3. The number of benzene rings is 1. The van der Waals surface area contributed by atoms with Gasteiger partial charge in [0.05, 0.1) is 5.69 Å². The Kier molecular flexibility index (Phi) is 3.33. The van der Waals surface area contributed by atoms with Crippen LogP contribution in [0.4, 0.5) is 5.69 Å². The van der Waals surface area contributed by atoms with Crippen LogP contribution in [-0.4, -0.2) is 4.98 Å². The van der Waals surface area contributed by atoms with Crippen LogP contribution >= 0.6 is 15.9 Å². The van der Waals surface area contributed by atoms with Gasteiger partial charge in [-0.1, -0.05) is 15.9 Å². The Morgan fingerprint density at radius 1 is 1.24 bits per heavy atom. The van der Waals surface area contributed by atoms with Gasteiger partial charge in [-0.05, 0) is 49.2 Å². The zero-order chi connectivity index (χ0) is 12.4. The predicted molar refractivity (Wildman–Crippen MR) is 72.3 cm³/mol. The average molecular weight is 293 g/mol. The number of pyridine rings is 1. The van der Waals surface area contributed by atoms with Crippen LogP contribution in [0.25, 0.3) is 0 Å². The smallest absolute Gasteiger partial charge is 0.242 e. The van der Waals surface area contributed by atoms with Crippen molar-refractivity contribution >= 4 is 21.6 Å². The minimum atomic E-state index is 0.439. The lowest BCUT2D eigenvalue weighted by Gasteiger charge is -2.10. The lowest BCUT2D eigenvalue weighted by Crippen LogP contribution is -1.95. The first-order chi connectivity index (χ1) is 8.08. The van der Waals surface area contributed by atoms with Crippen LogP contribution in [-0.2, 0) is 0 Å². The molecule has 2 rings (SSSR count). The van der Waals surface area contributed by atoms with E-state index in [0.29, 0.717) is 11.6 Å². The molecule has 0 radical (unpaired) electrons. The van der Waals surface area contributed by atoms with E-state index < -0.39 is 0 Å². The topological polar surface area (TPSA) is 48.1 Å². The van der Waals surface area contributed by atoms with Gasteiger partial charge in [-0.3, -0.25) is 0 Å². The molecular weight excluding hydrogens is 280 g/mol. The predicted octanol–water partition coefficient (Wildman–Crippen LogP) is 3.84. The molecule has 2 N–H and O–H groups in total. The molecule has 1 aromatic carbocycles. The van der Waals surface area contributed by atoms with Gasteiger partial charge in [0.15, 0.2) is 0 Å². The van der Waals surface area contributed by atoms with Crippen molar-refractivity contribution in [2.75, 3.05) is 5.73 Å². The van der Waals surface area contributed by atoms with E-state index in [1.807, 2.05) is 26.0 Å². The van der Waals surface area contributed by atoms with Crippen LogP contribution in [0.15, 0.2) is 34.9 Å². The number of rotatable bonds is 2. The van der Waals surface area contributed by atoms with E-state index >= 15 is 0 Å². The Bertz CT molecular complexity index is 532. The van der Waals surface area contributed by atoms with Gasteiger partial charge in [0.25, 0.3) is 0 Å². The molecule has 0 atom stereocenters. The minimum Gasteiger partial charge on any atom is -0.437 e. The van der Waals surface area contributed by atoms with Crippen molar-refractivity contribution < 1.29 is 4.74 Å². The lowest BCUT2D eigenvalue weighted by molar-refractivity contribution is 0.464. The van der Waals surface area contributed by atoms with Gasteiger partial charge in [0.2, 0.25) is 5.88 Å². The largest absolute Gasteiger partial charge is 0.437 e. The summed E-state index contributed by atoms with van der Waals surface area (Å²) in [6.07, 6.45) is 1.66. The maximum absolute atomic E-state index is 5.78. The first kappa shape index (κ1) is 11.9. The van der Waals surface area contributed by atoms with Crippen molar-refractivity contribution in [2.45, 2.75) is 13.8 Å². The molecule has 2 aromatic rings. The van der Waals surface area contributed by atoms with E-state index in [0.717, 1.165) is 21.3 Å². The second-order valence-electron chi connectivity index (χ2n) is 3.87. The molecule has 1 aromatic heterocycles. The Labute approximate surface area is 109 Å². The highest BCUT2D eigenvalue weighted by Gasteiger charge is 2.06. The van der Waals surface area contributed by atoms with Crippen molar-refractivity contribution in [1.29, 1.82) is 0 Å². The summed E-state index contributed by atoms with van der Waals surface area (Å²) in [6, 6.07) is 7.44. The molecule has 0 saturated carbocycles. The van der Waals surface area contributed by atoms with Crippen molar-refractivity contribution in [3.05, 3.63) is 46.1 Å². The number of ether oxygens (including phenoxy) is 1. The van der Waals surface area contributed by atoms with Crippen LogP contribution in [0.2, 0.25) is 0 Å². The summed E-state index contributed by atoms with van der Waals surface area (Å²) in [6.45, 7) is 4.04. The number of nitrogens with zero attached hydrogens (tertiary/aromatic N) is 1. The van der Waals surface area contributed by atoms with Crippen molar-refractivity contribution in [3.8, 4) is 11.6 Å². The highest BCUT2D eigenvalue weighted by atomic mass is 79.9. The standard InChI is InChI=1S/C13H13BrN2O/c1-8-6-10(7-9(2)12(8)14)17-13-11(15)4-3-5-16-13/h3-7H,15H2,1-2H3. The molecule has 88 valence electrons. The molecule has 0 saturated heterocycles. The quantitative estimate of drug-likeness (QED) is 0.915. The molecule has 3 nitrogen and oxygen atoms in total. The van der Waals surface area contributed by atoms with Crippen LogP contribution in [0.1, 0.15) is 11.1 Å². The maximum Gasteiger partial charge on any atom is 0.242 e. The third-order valence-corrected chi connectivity index (χ3v) is 3.68. The third-order valence-electron chi connectivity index (χ3n) is 2.43. The summed E-state index contributed by atoms with van der Waals surface area (Å²) in [5.41, 5.74) is 8.55. The molecule has 17 heavy (non-hydrogen) atoms. The molecule has 0 aliphatic carbocycles. The number of hydrogen-bond acceptors (Lipinski definition) is 3. The number of halogens is 1. The summed E-state index contributed by atoms with van der Waals surface area (Å²) in [5.74, 6) is 1.18. The Balaban J connectivity index is 2.34. The van der Waals surface area contributed by atoms with Gasteiger partial charge in [-0.2, -0.15) is 0 Å². The zero-order valence-electron chi connectivity index (χ0n) is 9.70. The van der Waals surface area contributed by atoms with Gasteiger partial charge in [-0.25, -0.2) is 4.98 Å². The van der Waals surface area contributed by atoms with Crippen LogP contribution < -0.4 is 10.5 Å². The van der Waals surface area contributed by atoms with Crippen LogP contribution in [0, 0.1) is 13.8 Å². The van der Waals surface area contributed by atoms with Gasteiger partial charge in [0.1, 0.15) is 5.75 Å². The summed E-state index contributed by atoms with van der Waals surface area (Å²) >= 11 is 3.52. The van der Waals surface area contributed by atoms with E-state index in [1.54, 1.807) is 18.3 Å². The summed E-state index contributed by atoms with van der Waals surface area (Å²) in [7, 11) is 0. The van der Waals surface area contributed by atoms with Crippen LogP contribution in [0.3, 0.4) is 0 Å². The van der Waals surface area contributed by atoms with E-state index in [4.69, 9.17) is 10.5 Å². The molecule has 1 heterocycles. The van der Waals surface area contributed by atoms with Gasteiger partial charge in [-0.15, -0.1) is 0 Å². The summed E-state index contributed by atoms with van der Waals surface area (Å²) in [5, 5.41) is 0. The fourth-order valence-corrected chi connectivity index (χ4v) is 1.79. The zero-order valence-corrected chi connectivity index (χ0v) is 11.3. The van der Waals surface area contributed by atoms with E-state index in [1.165, 1.54) is 0 Å². The fraction of sp³-hybridized carbons (Fsp3) is 0.154. The Morgan fingerprint density at radius 2 is 1.88 bits per heavy atom. The highest BCUT2D eigenvalue weighted by molar-refractivity contribution is 9.10. The number of anilines is 1. The first-order valence-electron chi connectivity index (χ1n) is 5.23. The number of aryl methyl sites for hydroxylation is 2. The van der Waals surface area contributed by atoms with E-state index in [-0.39, 0.29) is 0 Å². The molecule has 0 aliphatic heterocycles. The van der Waals surface area contributed by atoms with Crippen LogP contribution in [0.5, 0.6) is 11.6 Å². The number of nitrogen functional groups attached to an aromatic ring is 1. The molecule has 0 aliphatic rings. The molecule has 0 fully saturated rings. The summed E-state index contributed by atoms with van der Waals surface area (Å²) < 4.78 is 6.76. The summed E-state index contributed by atoms with van der Waals surface area (Å²) in [4.78, 5) is 4.10. The number of aromatic nitrogens is 1. The van der Waals surface area contributed by atoms with Gasteiger partial charge in [0, 0.05) is 10.7 Å². The maximum atomic E-state index is 5.78. The average Bonchev–Trinajstić information content (AvgIpc) is 2.29. The molecule has 0 bridgehead atoms. The second-order valence-corrected chi connectivity index (χ2v) is 4.66. The second kappa shape index (κ2) is 4.75. The first-order valence-corrected chi connectivity index (χ1v) is 6.02. The van der Waals surface area contributed by atoms with Gasteiger partial charge < -0.3 is 10.5 Å². The third kappa shape index (κ3) is 2.58. The number of nitrogens with two attached hydrogens (primary N) is 1. The lowest BCUT2D eigenvalue weighted by atomic mass is 10.1. The highest BCUT2D eigenvalue weighted by Crippen LogP contribution is 2.30. The molecule has 0 spiro atoms. The Hall–Kier alpha value is -1.55. The molecular formula is C13H13BrN2O. The van der Waals surface area contributed by atoms with E-state index in [9.17, 15) is 0 Å². The Morgan fingerprint density at radius 3 is 2.47 bits per heavy atom. The minimum absolute atomic E-state index is 0.439. The molecule has 4 heteroatoms. The monoisotopic (exact) mass is 292 g/mol. The van der Waals surface area contributed by atoms with Crippen molar-refractivity contribution in [1.82, 2.24) is 4.98 Å². The van der Waals surface area contributed by atoms with Crippen molar-refractivity contribution in [2.24, 2.45) is 0 Å². The van der Waals surface area contributed by atoms with Gasteiger partial charge >= 0.3 is 0 Å². The van der Waals surface area contributed by atoms with E-state index in [2.05, 4.69) is 20.9 Å². The van der Waals surface area contributed by atoms with Crippen molar-refractivity contribution in [3.63, 3.8) is 0 Å². The molecule has 0 unspecified atom stereocenters. The SMILES string of the molecule is Cc1cc(Oc2ncccc2N)cc(C)c1Br. The number of hydrogen-bond donors (Lipinski definition) is 1. The molecule has 0 amide bonds.